The van der Waals surface area contributed by atoms with Crippen molar-refractivity contribution in [1.29, 1.82) is 0 Å². The Morgan fingerprint density at radius 3 is 2.65 bits per heavy atom. The van der Waals surface area contributed by atoms with Gasteiger partial charge in [0.2, 0.25) is 0 Å². The summed E-state index contributed by atoms with van der Waals surface area (Å²) in [6, 6.07) is 5.47. The molecule has 6 nitrogen and oxygen atoms in total. The van der Waals surface area contributed by atoms with Gasteiger partial charge in [0.15, 0.2) is 11.5 Å². The third-order valence-electron chi connectivity index (χ3n) is 4.75. The second-order valence-electron chi connectivity index (χ2n) is 6.47. The molecule has 1 aliphatic rings. The minimum Gasteiger partial charge on any atom is -0.497 e. The van der Waals surface area contributed by atoms with Crippen molar-refractivity contribution in [2.24, 2.45) is 0 Å². The number of benzene rings is 1. The second-order valence-corrected chi connectivity index (χ2v) is 6.47. The number of hydrogen-bond acceptors (Lipinski definition) is 5. The monoisotopic (exact) mass is 357 g/mol. The van der Waals surface area contributed by atoms with Crippen LogP contribution in [0.25, 0.3) is 0 Å². The van der Waals surface area contributed by atoms with Gasteiger partial charge in [0.05, 0.1) is 19.8 Å². The first-order valence-corrected chi connectivity index (χ1v) is 8.58. The molecular weight excluding hydrogens is 334 g/mol. The molecule has 138 valence electrons. The van der Waals surface area contributed by atoms with Crippen LogP contribution >= 0.6 is 0 Å². The van der Waals surface area contributed by atoms with Crippen LogP contribution in [0.1, 0.15) is 50.6 Å². The van der Waals surface area contributed by atoms with Crippen LogP contribution in [-0.2, 0) is 13.0 Å². The fourth-order valence-electron chi connectivity index (χ4n) is 3.34. The van der Waals surface area contributed by atoms with Gasteiger partial charge in [0.25, 0.3) is 5.91 Å². The van der Waals surface area contributed by atoms with E-state index < -0.39 is 0 Å². The molecule has 0 N–H and O–H groups in total. The van der Waals surface area contributed by atoms with E-state index in [1.807, 2.05) is 12.1 Å². The summed E-state index contributed by atoms with van der Waals surface area (Å²) in [6.07, 6.45) is 1.98. The van der Waals surface area contributed by atoms with Gasteiger partial charge >= 0.3 is 0 Å². The van der Waals surface area contributed by atoms with Crippen molar-refractivity contribution >= 4 is 11.7 Å². The van der Waals surface area contributed by atoms with Crippen LogP contribution in [-0.4, -0.2) is 37.9 Å². The Balaban J connectivity index is 1.84. The molecule has 0 saturated heterocycles. The number of fused-ring (bicyclic) bond motifs is 1. The second kappa shape index (κ2) is 7.23. The van der Waals surface area contributed by atoms with E-state index in [0.29, 0.717) is 47.8 Å². The third-order valence-corrected chi connectivity index (χ3v) is 4.75. The number of aryl methyl sites for hydroxylation is 1. The molecule has 0 spiro atoms. The summed E-state index contributed by atoms with van der Waals surface area (Å²) in [5.74, 6) is 2.04. The van der Waals surface area contributed by atoms with Gasteiger partial charge in [-0.25, -0.2) is 0 Å². The molecule has 0 radical (unpaired) electrons. The predicted molar refractivity (Wildman–Crippen MR) is 96.1 cm³/mol. The summed E-state index contributed by atoms with van der Waals surface area (Å²) < 4.78 is 16.3. The van der Waals surface area contributed by atoms with E-state index in [1.165, 1.54) is 0 Å². The third kappa shape index (κ3) is 3.19. The van der Waals surface area contributed by atoms with Gasteiger partial charge in [-0.2, -0.15) is 0 Å². The SMILES string of the molecule is COc1ccc(CN(C)C(=O)c2oc3c(c2C)C(=O)CCC3)c(OC)c1. The molecule has 3 rings (SSSR count). The van der Waals surface area contributed by atoms with Gasteiger partial charge in [-0.05, 0) is 25.5 Å². The average molecular weight is 357 g/mol. The molecule has 26 heavy (non-hydrogen) atoms. The molecule has 0 aliphatic heterocycles. The summed E-state index contributed by atoms with van der Waals surface area (Å²) in [5.41, 5.74) is 2.09. The number of furan rings is 1. The molecule has 0 bridgehead atoms. The summed E-state index contributed by atoms with van der Waals surface area (Å²) in [6.45, 7) is 2.13. The van der Waals surface area contributed by atoms with Crippen LogP contribution in [0.3, 0.4) is 0 Å². The van der Waals surface area contributed by atoms with Crippen LogP contribution in [0.2, 0.25) is 0 Å². The van der Waals surface area contributed by atoms with Crippen molar-refractivity contribution in [3.8, 4) is 11.5 Å². The summed E-state index contributed by atoms with van der Waals surface area (Å²) in [5, 5.41) is 0. The van der Waals surface area contributed by atoms with E-state index in [0.717, 1.165) is 12.0 Å². The fourth-order valence-corrected chi connectivity index (χ4v) is 3.34. The molecule has 1 aromatic carbocycles. The number of rotatable bonds is 5. The van der Waals surface area contributed by atoms with Crippen LogP contribution in [0.4, 0.5) is 0 Å². The first-order chi connectivity index (χ1) is 12.5. The minimum atomic E-state index is -0.248. The number of carbonyl (C=O) groups excluding carboxylic acids is 2. The lowest BCUT2D eigenvalue weighted by molar-refractivity contribution is 0.0749. The molecule has 0 saturated carbocycles. The highest BCUT2D eigenvalue weighted by Crippen LogP contribution is 2.31. The molecule has 1 amide bonds. The smallest absolute Gasteiger partial charge is 0.289 e. The lowest BCUT2D eigenvalue weighted by Crippen LogP contribution is -2.26. The Morgan fingerprint density at radius 2 is 2.00 bits per heavy atom. The van der Waals surface area contributed by atoms with E-state index in [9.17, 15) is 9.59 Å². The van der Waals surface area contributed by atoms with Crippen molar-refractivity contribution in [2.45, 2.75) is 32.7 Å². The highest BCUT2D eigenvalue weighted by atomic mass is 16.5. The number of hydrogen-bond donors (Lipinski definition) is 0. The molecule has 1 aliphatic carbocycles. The number of Topliss-reactive ketones (excluding diaryl/α,β-unsaturated/α-hetero) is 1. The molecule has 6 heteroatoms. The Labute approximate surface area is 152 Å². The van der Waals surface area contributed by atoms with Gasteiger partial charge in [-0.1, -0.05) is 0 Å². The van der Waals surface area contributed by atoms with E-state index in [2.05, 4.69) is 0 Å². The van der Waals surface area contributed by atoms with Crippen molar-refractivity contribution in [2.75, 3.05) is 21.3 Å². The number of ether oxygens (including phenoxy) is 2. The number of methoxy groups -OCH3 is 2. The van der Waals surface area contributed by atoms with Gasteiger partial charge < -0.3 is 18.8 Å². The molecular formula is C20H23NO5. The van der Waals surface area contributed by atoms with Crippen LogP contribution < -0.4 is 9.47 Å². The molecule has 0 unspecified atom stereocenters. The predicted octanol–water partition coefficient (Wildman–Crippen LogP) is 3.40. The quantitative estimate of drug-likeness (QED) is 0.820. The van der Waals surface area contributed by atoms with E-state index in [-0.39, 0.29) is 17.5 Å². The molecule has 0 fully saturated rings. The number of ketones is 1. The number of amides is 1. The first kappa shape index (κ1) is 18.0. The van der Waals surface area contributed by atoms with Crippen molar-refractivity contribution in [3.05, 3.63) is 46.4 Å². The van der Waals surface area contributed by atoms with E-state index >= 15 is 0 Å². The van der Waals surface area contributed by atoms with E-state index in [4.69, 9.17) is 13.9 Å². The topological polar surface area (TPSA) is 69.0 Å². The largest absolute Gasteiger partial charge is 0.497 e. The highest BCUT2D eigenvalue weighted by Gasteiger charge is 2.30. The maximum absolute atomic E-state index is 12.9. The summed E-state index contributed by atoms with van der Waals surface area (Å²) in [7, 11) is 4.87. The lowest BCUT2D eigenvalue weighted by atomic mass is 9.94. The Kier molecular flexibility index (Phi) is 5.02. The van der Waals surface area contributed by atoms with Gasteiger partial charge in [-0.15, -0.1) is 0 Å². The maximum atomic E-state index is 12.9. The number of nitrogens with zero attached hydrogens (tertiary/aromatic N) is 1. The normalized spacial score (nSPS) is 13.3. The van der Waals surface area contributed by atoms with Gasteiger partial charge in [-0.3, -0.25) is 9.59 Å². The molecule has 0 atom stereocenters. The molecule has 2 aromatic rings. The average Bonchev–Trinajstić information content (AvgIpc) is 2.99. The van der Waals surface area contributed by atoms with Crippen LogP contribution in [0.15, 0.2) is 22.6 Å². The summed E-state index contributed by atoms with van der Waals surface area (Å²) in [4.78, 5) is 26.6. The Hall–Kier alpha value is -2.76. The molecule has 1 heterocycles. The fraction of sp³-hybridized carbons (Fsp3) is 0.400. The van der Waals surface area contributed by atoms with Gasteiger partial charge in [0.1, 0.15) is 17.3 Å². The zero-order valence-corrected chi connectivity index (χ0v) is 15.5. The van der Waals surface area contributed by atoms with E-state index in [1.54, 1.807) is 39.2 Å². The van der Waals surface area contributed by atoms with Crippen molar-refractivity contribution in [3.63, 3.8) is 0 Å². The molecule has 1 aromatic heterocycles. The Bertz CT molecular complexity index is 852. The number of carbonyl (C=O) groups is 2. The summed E-state index contributed by atoms with van der Waals surface area (Å²) >= 11 is 0. The van der Waals surface area contributed by atoms with Gasteiger partial charge in [0, 0.05) is 43.6 Å². The van der Waals surface area contributed by atoms with Crippen LogP contribution in [0, 0.1) is 6.92 Å². The van der Waals surface area contributed by atoms with Crippen molar-refractivity contribution < 1.29 is 23.5 Å². The zero-order valence-electron chi connectivity index (χ0n) is 15.5. The lowest BCUT2D eigenvalue weighted by Gasteiger charge is -2.18. The minimum absolute atomic E-state index is 0.0611. The maximum Gasteiger partial charge on any atom is 0.289 e. The van der Waals surface area contributed by atoms with Crippen LogP contribution in [0.5, 0.6) is 11.5 Å². The highest BCUT2D eigenvalue weighted by molar-refractivity contribution is 6.03. The first-order valence-electron chi connectivity index (χ1n) is 8.58. The van der Waals surface area contributed by atoms with Crippen molar-refractivity contribution in [1.82, 2.24) is 4.90 Å². The standard InChI is InChI=1S/C20H23NO5/c1-12-18-15(22)6-5-7-16(18)26-19(12)20(23)21(2)11-13-8-9-14(24-3)10-17(13)25-4/h8-10H,5-7,11H2,1-4H3. The Morgan fingerprint density at radius 1 is 1.23 bits per heavy atom. The zero-order chi connectivity index (χ0) is 18.8.